The first kappa shape index (κ1) is 22.8. The van der Waals surface area contributed by atoms with E-state index in [0.29, 0.717) is 22.3 Å². The van der Waals surface area contributed by atoms with E-state index in [1.54, 1.807) is 29.9 Å². The maximum Gasteiger partial charge on any atom is 0.273 e. The lowest BCUT2D eigenvalue weighted by molar-refractivity contribution is -0.365. The van der Waals surface area contributed by atoms with Crippen LogP contribution in [-0.2, 0) is 7.05 Å². The van der Waals surface area contributed by atoms with Gasteiger partial charge in [-0.1, -0.05) is 0 Å². The van der Waals surface area contributed by atoms with E-state index in [-0.39, 0.29) is 41.3 Å². The Kier molecular flexibility index (Phi) is 5.02. The van der Waals surface area contributed by atoms with Crippen LogP contribution in [0.1, 0.15) is 29.8 Å². The molecule has 4 N–H and O–H groups in total. The van der Waals surface area contributed by atoms with E-state index in [2.05, 4.69) is 15.0 Å². The fourth-order valence-electron chi connectivity index (χ4n) is 6.64. The molecular formula is C24H23F3N4O3S. The summed E-state index contributed by atoms with van der Waals surface area (Å²) in [6, 6.07) is 5.06. The Bertz CT molecular complexity index is 1350. The number of amides is 1. The van der Waals surface area contributed by atoms with Gasteiger partial charge < -0.3 is 20.1 Å². The van der Waals surface area contributed by atoms with Crippen molar-refractivity contribution in [2.75, 3.05) is 11.9 Å². The fourth-order valence-corrected chi connectivity index (χ4v) is 7.70. The van der Waals surface area contributed by atoms with Crippen molar-refractivity contribution in [1.82, 2.24) is 14.3 Å². The topological polar surface area (TPSA) is 99.4 Å². The zero-order valence-electron chi connectivity index (χ0n) is 18.7. The molecule has 0 aliphatic heterocycles. The van der Waals surface area contributed by atoms with E-state index < -0.39 is 29.0 Å². The third-order valence-electron chi connectivity index (χ3n) is 8.40. The second kappa shape index (κ2) is 7.70. The molecule has 0 saturated heterocycles. The van der Waals surface area contributed by atoms with Crippen LogP contribution in [0.25, 0.3) is 10.9 Å². The summed E-state index contributed by atoms with van der Waals surface area (Å²) in [5, 5.41) is 24.0. The van der Waals surface area contributed by atoms with Crippen molar-refractivity contribution < 1.29 is 28.2 Å². The number of aliphatic hydroxyl groups excluding tert-OH is 1. The molecule has 3 aliphatic carbocycles. The van der Waals surface area contributed by atoms with Gasteiger partial charge in [-0.25, -0.2) is 13.2 Å². The smallest absolute Gasteiger partial charge is 0.273 e. The number of anilines is 1. The number of carbonyl (C=O) groups is 1. The number of carbonyl (C=O) groups excluding carboxylic acids is 1. The molecular weight excluding hydrogens is 481 g/mol. The standard InChI is InChI=1S/C24H23F3N4O3S/c1-31-20(21(33)29-11-7-15(25)17(27)16(26)8-11)12-3-2-6-28-18(12)22(31)35-30-19-13-4-5-24(13)14(19)9-23(24,34)10-32/h2-3,6-8,13-14,19,30,32,34H,4-5,9-10H2,1H3,(H,29,33). The van der Waals surface area contributed by atoms with Crippen molar-refractivity contribution in [3.05, 3.63) is 53.6 Å². The van der Waals surface area contributed by atoms with Crippen LogP contribution >= 0.6 is 11.9 Å². The van der Waals surface area contributed by atoms with E-state index >= 15 is 0 Å². The SMILES string of the molecule is Cn1c(C(=O)Nc2cc(F)c(F)c(F)c2)c2cccnc2c1SNC1C2CCC23C1CC3(O)CO. The van der Waals surface area contributed by atoms with Gasteiger partial charge in [0.1, 0.15) is 16.2 Å². The molecule has 0 bridgehead atoms. The number of rotatable bonds is 6. The normalized spacial score (nSPS) is 30.6. The third kappa shape index (κ3) is 2.92. The van der Waals surface area contributed by atoms with Gasteiger partial charge in [0.25, 0.3) is 5.91 Å². The van der Waals surface area contributed by atoms with Crippen LogP contribution in [-0.4, -0.2) is 43.9 Å². The van der Waals surface area contributed by atoms with E-state index in [0.717, 1.165) is 25.0 Å². The number of aliphatic hydroxyl groups is 2. The minimum absolute atomic E-state index is 0.177. The van der Waals surface area contributed by atoms with Gasteiger partial charge in [0.15, 0.2) is 17.5 Å². The van der Waals surface area contributed by atoms with Crippen LogP contribution in [0, 0.1) is 34.7 Å². The second-order valence-corrected chi connectivity index (χ2v) is 10.6. The highest BCUT2D eigenvalue weighted by Gasteiger charge is 2.81. The molecule has 6 rings (SSSR count). The van der Waals surface area contributed by atoms with Crippen molar-refractivity contribution in [3.8, 4) is 0 Å². The quantitative estimate of drug-likeness (QED) is 0.304. The Balaban J connectivity index is 1.25. The van der Waals surface area contributed by atoms with Crippen LogP contribution in [0.15, 0.2) is 35.5 Å². The zero-order chi connectivity index (χ0) is 24.7. The lowest BCUT2D eigenvalue weighted by atomic mass is 9.26. The van der Waals surface area contributed by atoms with Crippen molar-refractivity contribution in [2.24, 2.45) is 24.3 Å². The number of hydrogen-bond acceptors (Lipinski definition) is 6. The number of fused-ring (bicyclic) bond motifs is 1. The Morgan fingerprint density at radius 2 is 2.03 bits per heavy atom. The fraction of sp³-hybridized carbons (Fsp3) is 0.417. The summed E-state index contributed by atoms with van der Waals surface area (Å²) in [6.07, 6.45) is 4.09. The molecule has 3 fully saturated rings. The zero-order valence-corrected chi connectivity index (χ0v) is 19.5. The molecule has 184 valence electrons. The van der Waals surface area contributed by atoms with Gasteiger partial charge in [0.05, 0.1) is 12.2 Å². The molecule has 0 radical (unpaired) electrons. The lowest BCUT2D eigenvalue weighted by Gasteiger charge is -2.81. The number of nitrogens with zero attached hydrogens (tertiary/aromatic N) is 2. The first-order valence-electron chi connectivity index (χ1n) is 11.4. The Morgan fingerprint density at radius 1 is 1.29 bits per heavy atom. The predicted octanol–water partition coefficient (Wildman–Crippen LogP) is 3.36. The summed E-state index contributed by atoms with van der Waals surface area (Å²) < 4.78 is 45.7. The van der Waals surface area contributed by atoms with Gasteiger partial charge in [-0.05, 0) is 55.2 Å². The van der Waals surface area contributed by atoms with Gasteiger partial charge in [-0.3, -0.25) is 14.5 Å². The molecule has 3 saturated carbocycles. The van der Waals surface area contributed by atoms with Crippen LogP contribution in [0.2, 0.25) is 0 Å². The first-order chi connectivity index (χ1) is 16.7. The van der Waals surface area contributed by atoms with Gasteiger partial charge in [0.2, 0.25) is 0 Å². The van der Waals surface area contributed by atoms with Gasteiger partial charge in [-0.2, -0.15) is 0 Å². The highest BCUT2D eigenvalue weighted by atomic mass is 32.2. The second-order valence-electron chi connectivity index (χ2n) is 9.75. The lowest BCUT2D eigenvalue weighted by Crippen LogP contribution is -2.86. The van der Waals surface area contributed by atoms with Crippen molar-refractivity contribution >= 4 is 34.4 Å². The predicted molar refractivity (Wildman–Crippen MR) is 123 cm³/mol. The molecule has 1 amide bonds. The Labute approximate surface area is 202 Å². The molecule has 1 aromatic carbocycles. The Morgan fingerprint density at radius 3 is 2.66 bits per heavy atom. The summed E-state index contributed by atoms with van der Waals surface area (Å²) >= 11 is 1.35. The largest absolute Gasteiger partial charge is 0.393 e. The summed E-state index contributed by atoms with van der Waals surface area (Å²) in [6.45, 7) is -0.216. The van der Waals surface area contributed by atoms with E-state index in [1.807, 2.05) is 0 Å². The van der Waals surface area contributed by atoms with Gasteiger partial charge in [-0.15, -0.1) is 0 Å². The maximum absolute atomic E-state index is 13.6. The van der Waals surface area contributed by atoms with E-state index in [9.17, 15) is 28.2 Å². The number of halogens is 3. The summed E-state index contributed by atoms with van der Waals surface area (Å²) in [4.78, 5) is 17.5. The number of hydrogen-bond donors (Lipinski definition) is 4. The number of nitrogens with one attached hydrogen (secondary N) is 2. The van der Waals surface area contributed by atoms with Crippen molar-refractivity contribution in [3.63, 3.8) is 0 Å². The summed E-state index contributed by atoms with van der Waals surface area (Å²) in [5.74, 6) is -4.42. The molecule has 1 spiro atoms. The Hall–Kier alpha value is -2.60. The van der Waals surface area contributed by atoms with Crippen LogP contribution < -0.4 is 10.0 Å². The molecule has 2 aromatic heterocycles. The molecule has 11 heteroatoms. The first-order valence-corrected chi connectivity index (χ1v) is 12.2. The molecule has 7 nitrogen and oxygen atoms in total. The van der Waals surface area contributed by atoms with Crippen molar-refractivity contribution in [1.29, 1.82) is 0 Å². The minimum atomic E-state index is -1.60. The monoisotopic (exact) mass is 504 g/mol. The highest BCUT2D eigenvalue weighted by Crippen LogP contribution is 2.78. The third-order valence-corrected chi connectivity index (χ3v) is 9.45. The minimum Gasteiger partial charge on any atom is -0.393 e. The van der Waals surface area contributed by atoms with Gasteiger partial charge in [0, 0.05) is 47.9 Å². The molecule has 35 heavy (non-hydrogen) atoms. The molecule has 5 unspecified atom stereocenters. The number of benzene rings is 1. The van der Waals surface area contributed by atoms with Gasteiger partial charge >= 0.3 is 0 Å². The van der Waals surface area contributed by atoms with Crippen molar-refractivity contribution in [2.45, 2.75) is 35.9 Å². The van der Waals surface area contributed by atoms with Crippen LogP contribution in [0.5, 0.6) is 0 Å². The van der Waals surface area contributed by atoms with Crippen LogP contribution in [0.3, 0.4) is 0 Å². The molecule has 3 aromatic rings. The molecule has 3 aliphatic rings. The summed E-state index contributed by atoms with van der Waals surface area (Å²) in [5.41, 5.74) is -0.526. The average molecular weight is 505 g/mol. The van der Waals surface area contributed by atoms with E-state index in [1.165, 1.54) is 11.9 Å². The summed E-state index contributed by atoms with van der Waals surface area (Å²) in [7, 11) is 1.70. The molecule has 2 heterocycles. The number of aromatic nitrogens is 2. The average Bonchev–Trinajstić information content (AvgIpc) is 3.08. The number of pyridine rings is 1. The highest BCUT2D eigenvalue weighted by molar-refractivity contribution is 7.97. The maximum atomic E-state index is 13.6. The van der Waals surface area contributed by atoms with Crippen LogP contribution in [0.4, 0.5) is 18.9 Å². The van der Waals surface area contributed by atoms with E-state index in [4.69, 9.17) is 0 Å². The molecule has 5 atom stereocenters.